The van der Waals surface area contributed by atoms with Crippen molar-refractivity contribution >= 4 is 10.0 Å². The summed E-state index contributed by atoms with van der Waals surface area (Å²) in [6, 6.07) is 0.348. The van der Waals surface area contributed by atoms with Gasteiger partial charge in [-0.05, 0) is 24.8 Å². The molecule has 130 valence electrons. The highest BCUT2D eigenvalue weighted by Crippen LogP contribution is 2.22. The molecular weight excluding hydrogens is 330 g/mol. The molecule has 0 amide bonds. The maximum atomic E-state index is 12.5. The van der Waals surface area contributed by atoms with Crippen molar-refractivity contribution in [2.24, 2.45) is 7.05 Å². The van der Waals surface area contributed by atoms with E-state index in [1.54, 1.807) is 19.4 Å². The molecule has 0 atom stereocenters. The monoisotopic (exact) mass is 351 g/mol. The van der Waals surface area contributed by atoms with Crippen molar-refractivity contribution in [2.75, 3.05) is 13.1 Å². The first kappa shape index (κ1) is 16.8. The van der Waals surface area contributed by atoms with Crippen LogP contribution in [0.5, 0.6) is 6.01 Å². The second kappa shape index (κ2) is 6.86. The fourth-order valence-corrected chi connectivity index (χ4v) is 4.06. The molecule has 9 heteroatoms. The van der Waals surface area contributed by atoms with Gasteiger partial charge in [0.2, 0.25) is 10.0 Å². The van der Waals surface area contributed by atoms with E-state index >= 15 is 0 Å². The Kier molecular flexibility index (Phi) is 4.81. The Morgan fingerprint density at radius 3 is 2.42 bits per heavy atom. The summed E-state index contributed by atoms with van der Waals surface area (Å²) in [6.45, 7) is 2.86. The van der Waals surface area contributed by atoms with Gasteiger partial charge in [0.25, 0.3) is 0 Å². The van der Waals surface area contributed by atoms with Crippen molar-refractivity contribution in [3.63, 3.8) is 0 Å². The number of aryl methyl sites for hydroxylation is 2. The van der Waals surface area contributed by atoms with Gasteiger partial charge in [-0.3, -0.25) is 4.68 Å². The fraction of sp³-hybridized carbons (Fsp3) is 0.533. The quantitative estimate of drug-likeness (QED) is 0.798. The Balaban J connectivity index is 1.59. The number of ether oxygens (including phenoxy) is 1. The van der Waals surface area contributed by atoms with E-state index < -0.39 is 10.0 Å². The van der Waals surface area contributed by atoms with Crippen LogP contribution in [0.1, 0.15) is 25.3 Å². The van der Waals surface area contributed by atoms with E-state index in [-0.39, 0.29) is 11.0 Å². The lowest BCUT2D eigenvalue weighted by atomic mass is 10.1. The molecule has 3 rings (SSSR count). The van der Waals surface area contributed by atoms with E-state index in [0.717, 1.165) is 12.0 Å². The molecule has 0 radical (unpaired) electrons. The summed E-state index contributed by atoms with van der Waals surface area (Å²) >= 11 is 0. The van der Waals surface area contributed by atoms with Gasteiger partial charge in [0.05, 0.1) is 6.20 Å². The minimum absolute atomic E-state index is 0.0715. The zero-order valence-corrected chi connectivity index (χ0v) is 14.6. The lowest BCUT2D eigenvalue weighted by Gasteiger charge is -2.30. The molecule has 2 aromatic rings. The summed E-state index contributed by atoms with van der Waals surface area (Å²) in [4.78, 5) is 8.60. The van der Waals surface area contributed by atoms with E-state index in [2.05, 4.69) is 15.1 Å². The molecule has 0 saturated carbocycles. The number of aromatic nitrogens is 4. The van der Waals surface area contributed by atoms with Crippen LogP contribution in [0.2, 0.25) is 0 Å². The van der Waals surface area contributed by atoms with E-state index in [0.29, 0.717) is 31.9 Å². The number of piperidine rings is 1. The van der Waals surface area contributed by atoms with Crippen LogP contribution in [0.25, 0.3) is 0 Å². The van der Waals surface area contributed by atoms with Crippen LogP contribution in [0, 0.1) is 0 Å². The van der Waals surface area contributed by atoms with Crippen molar-refractivity contribution in [1.82, 2.24) is 24.1 Å². The largest absolute Gasteiger partial charge is 0.460 e. The first-order valence-corrected chi connectivity index (χ1v) is 9.39. The SMILES string of the molecule is CCc1cnc(OC2CCN(S(=O)(=O)c3cnn(C)c3)CC2)nc1. The van der Waals surface area contributed by atoms with Crippen LogP contribution >= 0.6 is 0 Å². The molecule has 0 spiro atoms. The van der Waals surface area contributed by atoms with Gasteiger partial charge in [-0.1, -0.05) is 6.92 Å². The molecule has 1 aliphatic heterocycles. The third-order valence-electron chi connectivity index (χ3n) is 4.08. The van der Waals surface area contributed by atoms with Crippen molar-refractivity contribution in [2.45, 2.75) is 37.2 Å². The minimum atomic E-state index is -3.48. The molecule has 0 aromatic carbocycles. The van der Waals surface area contributed by atoms with Crippen molar-refractivity contribution < 1.29 is 13.2 Å². The standard InChI is InChI=1S/C15H21N5O3S/c1-3-12-8-16-15(17-9-12)23-13-4-6-20(7-5-13)24(21,22)14-10-18-19(2)11-14/h8-11,13H,3-7H2,1-2H3. The number of nitrogens with zero attached hydrogens (tertiary/aromatic N) is 5. The van der Waals surface area contributed by atoms with Crippen LogP contribution in [0.3, 0.4) is 0 Å². The number of sulfonamides is 1. The van der Waals surface area contributed by atoms with Gasteiger partial charge in [0.15, 0.2) is 0 Å². The van der Waals surface area contributed by atoms with Crippen LogP contribution in [-0.2, 0) is 23.5 Å². The Hall–Kier alpha value is -2.00. The fourth-order valence-electron chi connectivity index (χ4n) is 2.61. The van der Waals surface area contributed by atoms with Crippen LogP contribution in [-0.4, -0.2) is 51.7 Å². The molecule has 1 saturated heterocycles. The highest BCUT2D eigenvalue weighted by molar-refractivity contribution is 7.89. The average molecular weight is 351 g/mol. The molecule has 1 fully saturated rings. The van der Waals surface area contributed by atoms with Gasteiger partial charge in [0.1, 0.15) is 11.0 Å². The van der Waals surface area contributed by atoms with Crippen molar-refractivity contribution in [3.8, 4) is 6.01 Å². The molecule has 0 aliphatic carbocycles. The normalized spacial score (nSPS) is 17.1. The first-order chi connectivity index (χ1) is 11.5. The molecule has 0 N–H and O–H groups in total. The van der Waals surface area contributed by atoms with Gasteiger partial charge in [0, 0.05) is 38.7 Å². The minimum Gasteiger partial charge on any atom is -0.460 e. The third kappa shape index (κ3) is 3.57. The Labute approximate surface area is 141 Å². The van der Waals surface area contributed by atoms with E-state index in [4.69, 9.17) is 4.74 Å². The van der Waals surface area contributed by atoms with Gasteiger partial charge >= 0.3 is 6.01 Å². The van der Waals surface area contributed by atoms with Crippen LogP contribution < -0.4 is 4.74 Å². The Morgan fingerprint density at radius 2 is 1.88 bits per heavy atom. The summed E-state index contributed by atoms with van der Waals surface area (Å²) in [6.07, 6.45) is 8.43. The summed E-state index contributed by atoms with van der Waals surface area (Å²) in [5.41, 5.74) is 1.06. The number of hydrogen-bond acceptors (Lipinski definition) is 6. The molecule has 0 unspecified atom stereocenters. The van der Waals surface area contributed by atoms with E-state index in [9.17, 15) is 8.42 Å². The maximum absolute atomic E-state index is 12.5. The van der Waals surface area contributed by atoms with Crippen LogP contribution in [0.15, 0.2) is 29.7 Å². The average Bonchev–Trinajstić information content (AvgIpc) is 3.03. The lowest BCUT2D eigenvalue weighted by molar-refractivity contribution is 0.124. The molecule has 3 heterocycles. The van der Waals surface area contributed by atoms with Crippen LogP contribution in [0.4, 0.5) is 0 Å². The molecular formula is C15H21N5O3S. The first-order valence-electron chi connectivity index (χ1n) is 7.95. The summed E-state index contributed by atoms with van der Waals surface area (Å²) in [7, 11) is -1.79. The second-order valence-electron chi connectivity index (χ2n) is 5.80. The van der Waals surface area contributed by atoms with Gasteiger partial charge in [-0.25, -0.2) is 18.4 Å². The third-order valence-corrected chi connectivity index (χ3v) is 5.93. The predicted molar refractivity (Wildman–Crippen MR) is 87.0 cm³/mol. The number of hydrogen-bond donors (Lipinski definition) is 0. The van der Waals surface area contributed by atoms with Crippen molar-refractivity contribution in [3.05, 3.63) is 30.4 Å². The van der Waals surface area contributed by atoms with Gasteiger partial charge < -0.3 is 4.74 Å². The Bertz CT molecular complexity index is 780. The second-order valence-corrected chi connectivity index (χ2v) is 7.74. The summed E-state index contributed by atoms with van der Waals surface area (Å²) < 4.78 is 33.8. The maximum Gasteiger partial charge on any atom is 0.316 e. The molecule has 8 nitrogen and oxygen atoms in total. The highest BCUT2D eigenvalue weighted by atomic mass is 32.2. The lowest BCUT2D eigenvalue weighted by Crippen LogP contribution is -2.41. The predicted octanol–water partition coefficient (Wildman–Crippen LogP) is 1.00. The number of rotatable bonds is 5. The molecule has 24 heavy (non-hydrogen) atoms. The summed E-state index contributed by atoms with van der Waals surface area (Å²) in [5.74, 6) is 0. The molecule has 2 aromatic heterocycles. The van der Waals surface area contributed by atoms with Gasteiger partial charge in [-0.2, -0.15) is 9.40 Å². The van der Waals surface area contributed by atoms with E-state index in [1.807, 2.05) is 6.92 Å². The van der Waals surface area contributed by atoms with Gasteiger partial charge in [-0.15, -0.1) is 0 Å². The summed E-state index contributed by atoms with van der Waals surface area (Å²) in [5, 5.41) is 3.93. The Morgan fingerprint density at radius 1 is 1.21 bits per heavy atom. The van der Waals surface area contributed by atoms with E-state index in [1.165, 1.54) is 21.4 Å². The zero-order chi connectivity index (χ0) is 17.2. The molecule has 0 bridgehead atoms. The molecule has 1 aliphatic rings. The topological polar surface area (TPSA) is 90.2 Å². The smallest absolute Gasteiger partial charge is 0.316 e. The highest BCUT2D eigenvalue weighted by Gasteiger charge is 2.31. The zero-order valence-electron chi connectivity index (χ0n) is 13.8. The van der Waals surface area contributed by atoms with Crippen molar-refractivity contribution in [1.29, 1.82) is 0 Å².